The molecule has 1 heterocycles. The van der Waals surface area contributed by atoms with Gasteiger partial charge < -0.3 is 9.32 Å². The molecule has 2 aromatic rings. The highest BCUT2D eigenvalue weighted by atomic mass is 79.9. The van der Waals surface area contributed by atoms with Gasteiger partial charge in [0, 0.05) is 10.0 Å². The summed E-state index contributed by atoms with van der Waals surface area (Å²) in [6.07, 6.45) is 0. The Balaban J connectivity index is 2.02. The number of halogens is 1. The Morgan fingerprint density at radius 3 is 2.60 bits per heavy atom. The van der Waals surface area contributed by atoms with Crippen LogP contribution in [-0.4, -0.2) is 13.6 Å². The van der Waals surface area contributed by atoms with Crippen molar-refractivity contribution in [1.82, 2.24) is 0 Å². The van der Waals surface area contributed by atoms with Crippen LogP contribution < -0.4 is 4.90 Å². The molecule has 1 aromatic carbocycles. The highest BCUT2D eigenvalue weighted by Gasteiger charge is 2.12. The number of nitrogens with zero attached hydrogens (tertiary/aromatic N) is 1. The Morgan fingerprint density at radius 2 is 1.95 bits per heavy atom. The van der Waals surface area contributed by atoms with Gasteiger partial charge in [-0.05, 0) is 31.2 Å². The van der Waals surface area contributed by atoms with Crippen LogP contribution >= 0.6 is 15.9 Å². The zero-order valence-corrected chi connectivity index (χ0v) is 13.3. The number of quaternary nitrogens is 1. The van der Waals surface area contributed by atoms with Gasteiger partial charge in [-0.15, -0.1) is 0 Å². The molecule has 2 atom stereocenters. The zero-order chi connectivity index (χ0) is 14.5. The van der Waals surface area contributed by atoms with Crippen molar-refractivity contribution in [2.45, 2.75) is 13.5 Å². The lowest BCUT2D eigenvalue weighted by Gasteiger charge is -2.13. The number of benzene rings is 1. The predicted molar refractivity (Wildman–Crippen MR) is 82.1 cm³/mol. The third-order valence-corrected chi connectivity index (χ3v) is 3.67. The molecular formula is C16H18BrN2O+. The van der Waals surface area contributed by atoms with Crippen molar-refractivity contribution >= 4 is 15.9 Å². The van der Waals surface area contributed by atoms with Gasteiger partial charge >= 0.3 is 0 Å². The second-order valence-electron chi connectivity index (χ2n) is 5.14. The van der Waals surface area contributed by atoms with Crippen LogP contribution in [0.15, 0.2) is 45.3 Å². The lowest BCUT2D eigenvalue weighted by atomic mass is 10.2. The number of nitriles is 1. The van der Waals surface area contributed by atoms with E-state index in [2.05, 4.69) is 29.0 Å². The van der Waals surface area contributed by atoms with Crippen LogP contribution in [0.2, 0.25) is 0 Å². The molecule has 0 fully saturated rings. The molecule has 3 nitrogen and oxygen atoms in total. The van der Waals surface area contributed by atoms with E-state index >= 15 is 0 Å². The molecule has 0 saturated carbocycles. The van der Waals surface area contributed by atoms with E-state index in [4.69, 9.17) is 9.68 Å². The molecule has 2 rings (SSSR count). The van der Waals surface area contributed by atoms with E-state index in [1.54, 1.807) is 0 Å². The summed E-state index contributed by atoms with van der Waals surface area (Å²) in [7, 11) is 2.08. The van der Waals surface area contributed by atoms with Crippen molar-refractivity contribution in [2.75, 3.05) is 13.6 Å². The molecule has 20 heavy (non-hydrogen) atoms. The van der Waals surface area contributed by atoms with E-state index in [0.717, 1.165) is 34.6 Å². The summed E-state index contributed by atoms with van der Waals surface area (Å²) in [5.41, 5.74) is 1.07. The third kappa shape index (κ3) is 3.96. The van der Waals surface area contributed by atoms with Crippen molar-refractivity contribution in [2.24, 2.45) is 5.92 Å². The number of nitrogens with one attached hydrogen (secondary N) is 1. The summed E-state index contributed by atoms with van der Waals surface area (Å²) in [4.78, 5) is 1.27. The summed E-state index contributed by atoms with van der Waals surface area (Å²) < 4.78 is 6.93. The lowest BCUT2D eigenvalue weighted by molar-refractivity contribution is -0.897. The fourth-order valence-corrected chi connectivity index (χ4v) is 2.44. The third-order valence-electron chi connectivity index (χ3n) is 3.14. The van der Waals surface area contributed by atoms with E-state index in [1.165, 1.54) is 4.90 Å². The molecule has 1 unspecified atom stereocenters. The average Bonchev–Trinajstić information content (AvgIpc) is 2.87. The van der Waals surface area contributed by atoms with Gasteiger partial charge in [-0.2, -0.15) is 5.26 Å². The molecule has 0 aliphatic carbocycles. The Labute approximate surface area is 127 Å². The highest BCUT2D eigenvalue weighted by Crippen LogP contribution is 2.23. The molecule has 0 aliphatic heterocycles. The van der Waals surface area contributed by atoms with Crippen molar-refractivity contribution in [3.05, 3.63) is 46.6 Å². The van der Waals surface area contributed by atoms with Crippen molar-refractivity contribution in [1.29, 1.82) is 5.26 Å². The molecule has 0 spiro atoms. The summed E-state index contributed by atoms with van der Waals surface area (Å²) in [6, 6.07) is 14.3. The maximum atomic E-state index is 8.83. The number of rotatable bonds is 5. The first-order chi connectivity index (χ1) is 9.58. The quantitative estimate of drug-likeness (QED) is 0.914. The normalized spacial score (nSPS) is 13.7. The molecule has 4 heteroatoms. The molecule has 1 aromatic heterocycles. The second kappa shape index (κ2) is 6.74. The SMILES string of the molecule is C[C@H](C#N)C[NH+](C)Cc1ccc(-c2ccc(Br)cc2)o1. The summed E-state index contributed by atoms with van der Waals surface area (Å²) in [5, 5.41) is 8.83. The summed E-state index contributed by atoms with van der Waals surface area (Å²) in [5.74, 6) is 1.90. The van der Waals surface area contributed by atoms with Gasteiger partial charge in [0.1, 0.15) is 12.3 Å². The summed E-state index contributed by atoms with van der Waals surface area (Å²) >= 11 is 3.43. The van der Waals surface area contributed by atoms with Crippen LogP contribution in [0.5, 0.6) is 0 Å². The monoisotopic (exact) mass is 333 g/mol. The predicted octanol–water partition coefficient (Wildman–Crippen LogP) is 2.88. The van der Waals surface area contributed by atoms with Crippen LogP contribution in [0.3, 0.4) is 0 Å². The van der Waals surface area contributed by atoms with Crippen molar-refractivity contribution < 1.29 is 9.32 Å². The molecule has 0 aliphatic rings. The molecule has 0 saturated heterocycles. The molecule has 0 amide bonds. The highest BCUT2D eigenvalue weighted by molar-refractivity contribution is 9.10. The van der Waals surface area contributed by atoms with Gasteiger partial charge in [0.25, 0.3) is 0 Å². The first-order valence-electron chi connectivity index (χ1n) is 6.64. The number of furan rings is 1. The standard InChI is InChI=1S/C16H17BrN2O/c1-12(9-18)10-19(2)11-15-7-8-16(20-15)13-3-5-14(17)6-4-13/h3-8,12H,10-11H2,1-2H3/p+1/t12-/m1/s1. The Morgan fingerprint density at radius 1 is 1.25 bits per heavy atom. The number of hydrogen-bond donors (Lipinski definition) is 1. The molecule has 0 radical (unpaired) electrons. The first kappa shape index (κ1) is 14.8. The van der Waals surface area contributed by atoms with Crippen LogP contribution in [0.1, 0.15) is 12.7 Å². The van der Waals surface area contributed by atoms with Crippen LogP contribution in [0.4, 0.5) is 0 Å². The van der Waals surface area contributed by atoms with E-state index < -0.39 is 0 Å². The Hall–Kier alpha value is -1.57. The van der Waals surface area contributed by atoms with Gasteiger partial charge in [-0.1, -0.05) is 28.1 Å². The Bertz CT molecular complexity index is 598. The minimum atomic E-state index is 0.0657. The molecular weight excluding hydrogens is 316 g/mol. The Kier molecular flexibility index (Phi) is 4.99. The molecule has 0 bridgehead atoms. The fraction of sp³-hybridized carbons (Fsp3) is 0.312. The van der Waals surface area contributed by atoms with E-state index in [-0.39, 0.29) is 5.92 Å². The van der Waals surface area contributed by atoms with Gasteiger partial charge in [0.2, 0.25) is 0 Å². The van der Waals surface area contributed by atoms with E-state index in [1.807, 2.05) is 43.3 Å². The first-order valence-corrected chi connectivity index (χ1v) is 7.43. The maximum Gasteiger partial charge on any atom is 0.158 e. The minimum absolute atomic E-state index is 0.0657. The fourth-order valence-electron chi connectivity index (χ4n) is 2.18. The van der Waals surface area contributed by atoms with Crippen LogP contribution in [0, 0.1) is 17.2 Å². The van der Waals surface area contributed by atoms with Gasteiger partial charge in [-0.3, -0.25) is 0 Å². The van der Waals surface area contributed by atoms with Gasteiger partial charge in [0.15, 0.2) is 5.76 Å². The maximum absolute atomic E-state index is 8.83. The summed E-state index contributed by atoms with van der Waals surface area (Å²) in [6.45, 7) is 3.56. The average molecular weight is 334 g/mol. The largest absolute Gasteiger partial charge is 0.455 e. The molecule has 1 N–H and O–H groups in total. The van der Waals surface area contributed by atoms with E-state index in [9.17, 15) is 0 Å². The zero-order valence-electron chi connectivity index (χ0n) is 11.7. The molecule has 104 valence electrons. The van der Waals surface area contributed by atoms with Gasteiger partial charge in [0.05, 0.1) is 25.6 Å². The minimum Gasteiger partial charge on any atom is -0.455 e. The van der Waals surface area contributed by atoms with Crippen molar-refractivity contribution in [3.8, 4) is 17.4 Å². The van der Waals surface area contributed by atoms with Crippen LogP contribution in [0.25, 0.3) is 11.3 Å². The number of hydrogen-bond acceptors (Lipinski definition) is 2. The topological polar surface area (TPSA) is 41.4 Å². The second-order valence-corrected chi connectivity index (χ2v) is 6.06. The van der Waals surface area contributed by atoms with E-state index in [0.29, 0.717) is 0 Å². The van der Waals surface area contributed by atoms with Crippen LogP contribution in [-0.2, 0) is 6.54 Å². The lowest BCUT2D eigenvalue weighted by Crippen LogP contribution is -3.08. The van der Waals surface area contributed by atoms with Crippen molar-refractivity contribution in [3.63, 3.8) is 0 Å². The van der Waals surface area contributed by atoms with Gasteiger partial charge in [-0.25, -0.2) is 0 Å². The smallest absolute Gasteiger partial charge is 0.158 e.